The van der Waals surface area contributed by atoms with Gasteiger partial charge in [-0.1, -0.05) is 12.1 Å². The smallest absolute Gasteiger partial charge is 0.300 e. The number of furan rings is 1. The van der Waals surface area contributed by atoms with Crippen LogP contribution in [-0.4, -0.2) is 23.9 Å². The Morgan fingerprint density at radius 1 is 1.00 bits per heavy atom. The molecule has 0 aliphatic carbocycles. The number of benzene rings is 2. The number of amides is 1. The summed E-state index contributed by atoms with van der Waals surface area (Å²) in [6, 6.07) is 13.3. The van der Waals surface area contributed by atoms with E-state index in [9.17, 15) is 14.7 Å². The van der Waals surface area contributed by atoms with Crippen molar-refractivity contribution in [1.82, 2.24) is 0 Å². The van der Waals surface area contributed by atoms with Crippen molar-refractivity contribution in [2.45, 2.75) is 33.7 Å². The first kappa shape index (κ1) is 21.4. The van der Waals surface area contributed by atoms with Crippen LogP contribution in [-0.2, 0) is 9.59 Å². The van der Waals surface area contributed by atoms with Crippen LogP contribution in [0.5, 0.6) is 5.75 Å². The van der Waals surface area contributed by atoms with E-state index in [4.69, 9.17) is 9.15 Å². The third-order valence-electron chi connectivity index (χ3n) is 5.98. The summed E-state index contributed by atoms with van der Waals surface area (Å²) in [7, 11) is 1.57. The van der Waals surface area contributed by atoms with Gasteiger partial charge in [-0.15, -0.1) is 0 Å². The number of hydrogen-bond acceptors (Lipinski definition) is 5. The van der Waals surface area contributed by atoms with Crippen molar-refractivity contribution in [2.24, 2.45) is 0 Å². The maximum atomic E-state index is 13.2. The van der Waals surface area contributed by atoms with E-state index in [2.05, 4.69) is 0 Å². The molecule has 2 heterocycles. The van der Waals surface area contributed by atoms with E-state index in [1.165, 1.54) is 4.90 Å². The Balaban J connectivity index is 1.96. The van der Waals surface area contributed by atoms with Gasteiger partial charge in [-0.05, 0) is 80.8 Å². The van der Waals surface area contributed by atoms with Gasteiger partial charge in [0, 0.05) is 11.3 Å². The molecule has 0 bridgehead atoms. The highest BCUT2D eigenvalue weighted by Gasteiger charge is 2.48. The molecule has 1 aliphatic rings. The molecule has 0 saturated carbocycles. The molecule has 164 valence electrons. The van der Waals surface area contributed by atoms with Crippen LogP contribution >= 0.6 is 0 Å². The Morgan fingerprint density at radius 3 is 2.38 bits per heavy atom. The number of Topliss-reactive ketones (excluding diaryl/α,β-unsaturated/α-hetero) is 1. The minimum Gasteiger partial charge on any atom is -0.507 e. The van der Waals surface area contributed by atoms with Crippen molar-refractivity contribution >= 4 is 23.1 Å². The molecule has 1 aromatic heterocycles. The molecule has 2 aromatic carbocycles. The zero-order valence-corrected chi connectivity index (χ0v) is 18.7. The highest BCUT2D eigenvalue weighted by Crippen LogP contribution is 2.44. The van der Waals surface area contributed by atoms with Crippen molar-refractivity contribution in [3.63, 3.8) is 0 Å². The number of nitrogens with zero attached hydrogens (tertiary/aromatic N) is 1. The van der Waals surface area contributed by atoms with Crippen molar-refractivity contribution in [3.05, 3.63) is 87.9 Å². The molecule has 0 spiro atoms. The zero-order chi connectivity index (χ0) is 23.2. The van der Waals surface area contributed by atoms with E-state index in [-0.39, 0.29) is 11.3 Å². The Kier molecular flexibility index (Phi) is 5.38. The van der Waals surface area contributed by atoms with Crippen LogP contribution in [0.2, 0.25) is 0 Å². The van der Waals surface area contributed by atoms with E-state index < -0.39 is 17.7 Å². The first-order valence-corrected chi connectivity index (χ1v) is 10.3. The zero-order valence-electron chi connectivity index (χ0n) is 18.7. The summed E-state index contributed by atoms with van der Waals surface area (Å²) in [6.07, 6.45) is 0. The number of aliphatic hydroxyl groups excluding tert-OH is 1. The summed E-state index contributed by atoms with van der Waals surface area (Å²) in [5.41, 5.74) is 3.69. The highest BCUT2D eigenvalue weighted by atomic mass is 16.5. The molecule has 6 heteroatoms. The average molecular weight is 431 g/mol. The predicted molar refractivity (Wildman–Crippen MR) is 122 cm³/mol. The minimum atomic E-state index is -0.883. The van der Waals surface area contributed by atoms with E-state index in [1.807, 2.05) is 32.9 Å². The number of carbonyl (C=O) groups is 2. The van der Waals surface area contributed by atoms with Crippen LogP contribution in [0.25, 0.3) is 5.76 Å². The molecule has 1 aliphatic heterocycles. The molecule has 1 N–H and O–H groups in total. The molecular weight excluding hydrogens is 406 g/mol. The third kappa shape index (κ3) is 3.38. The van der Waals surface area contributed by atoms with Crippen LogP contribution in [0.1, 0.15) is 39.8 Å². The van der Waals surface area contributed by atoms with E-state index in [1.54, 1.807) is 50.4 Å². The van der Waals surface area contributed by atoms with Crippen molar-refractivity contribution in [3.8, 4) is 5.75 Å². The van der Waals surface area contributed by atoms with Gasteiger partial charge in [0.15, 0.2) is 0 Å². The fraction of sp³-hybridized carbons (Fsp3) is 0.231. The van der Waals surface area contributed by atoms with Crippen molar-refractivity contribution < 1.29 is 23.8 Å². The lowest BCUT2D eigenvalue weighted by Gasteiger charge is -2.25. The number of aliphatic hydroxyl groups is 1. The molecule has 1 amide bonds. The number of hydrogen-bond donors (Lipinski definition) is 1. The molecule has 32 heavy (non-hydrogen) atoms. The normalized spacial score (nSPS) is 17.8. The lowest BCUT2D eigenvalue weighted by atomic mass is 9.97. The number of methoxy groups -OCH3 is 1. The summed E-state index contributed by atoms with van der Waals surface area (Å²) in [5.74, 6) is 0.0123. The summed E-state index contributed by atoms with van der Waals surface area (Å²) < 4.78 is 11.1. The number of carbonyl (C=O) groups excluding carboxylic acids is 2. The van der Waals surface area contributed by atoms with Crippen LogP contribution in [0, 0.1) is 27.7 Å². The van der Waals surface area contributed by atoms with Crippen LogP contribution < -0.4 is 9.64 Å². The fourth-order valence-corrected chi connectivity index (χ4v) is 4.13. The van der Waals surface area contributed by atoms with Gasteiger partial charge in [-0.25, -0.2) is 0 Å². The average Bonchev–Trinajstić information content (AvgIpc) is 3.30. The second kappa shape index (κ2) is 8.04. The van der Waals surface area contributed by atoms with Gasteiger partial charge >= 0.3 is 0 Å². The second-order valence-electron chi connectivity index (χ2n) is 8.02. The standard InChI is InChI=1S/C26H25NO5/c1-14-7-6-8-19(17(14)4)27-23(21-11-9-16(3)32-21)22(25(29)26(27)30)24(28)18-10-12-20(31-5)15(2)13-18/h6-13,23,28H,1-5H3/b24-22-. The first-order valence-electron chi connectivity index (χ1n) is 10.3. The van der Waals surface area contributed by atoms with Crippen LogP contribution in [0.15, 0.2) is 58.5 Å². The van der Waals surface area contributed by atoms with Gasteiger partial charge in [0.2, 0.25) is 0 Å². The van der Waals surface area contributed by atoms with Gasteiger partial charge in [0.25, 0.3) is 11.7 Å². The summed E-state index contributed by atoms with van der Waals surface area (Å²) in [4.78, 5) is 27.9. The van der Waals surface area contributed by atoms with E-state index >= 15 is 0 Å². The Labute approximate surface area is 186 Å². The fourth-order valence-electron chi connectivity index (χ4n) is 4.13. The lowest BCUT2D eigenvalue weighted by molar-refractivity contribution is -0.132. The highest BCUT2D eigenvalue weighted by molar-refractivity contribution is 6.51. The monoisotopic (exact) mass is 431 g/mol. The molecule has 4 rings (SSSR count). The first-order chi connectivity index (χ1) is 15.2. The SMILES string of the molecule is COc1ccc(/C(O)=C2/C(=O)C(=O)N(c3cccc(C)c3C)C2c2ccc(C)o2)cc1C. The Bertz CT molecular complexity index is 1270. The predicted octanol–water partition coefficient (Wildman–Crippen LogP) is 5.15. The number of aryl methyl sites for hydroxylation is 3. The Hall–Kier alpha value is -3.80. The lowest BCUT2D eigenvalue weighted by Crippen LogP contribution is -2.30. The molecule has 1 atom stereocenters. The molecular formula is C26H25NO5. The quantitative estimate of drug-likeness (QED) is 0.351. The second-order valence-corrected chi connectivity index (χ2v) is 8.02. The van der Waals surface area contributed by atoms with Gasteiger partial charge in [-0.2, -0.15) is 0 Å². The van der Waals surface area contributed by atoms with Crippen molar-refractivity contribution in [2.75, 3.05) is 12.0 Å². The molecule has 1 saturated heterocycles. The van der Waals surface area contributed by atoms with Gasteiger partial charge < -0.3 is 14.3 Å². The summed E-state index contributed by atoms with van der Waals surface area (Å²) >= 11 is 0. The van der Waals surface area contributed by atoms with E-state index in [0.717, 1.165) is 16.7 Å². The topological polar surface area (TPSA) is 80.0 Å². The summed E-state index contributed by atoms with van der Waals surface area (Å²) in [6.45, 7) is 7.49. The van der Waals surface area contributed by atoms with E-state index in [0.29, 0.717) is 28.5 Å². The third-order valence-corrected chi connectivity index (χ3v) is 5.98. The van der Waals surface area contributed by atoms with Crippen molar-refractivity contribution in [1.29, 1.82) is 0 Å². The van der Waals surface area contributed by atoms with Crippen LogP contribution in [0.4, 0.5) is 5.69 Å². The molecule has 6 nitrogen and oxygen atoms in total. The number of anilines is 1. The largest absolute Gasteiger partial charge is 0.507 e. The molecule has 3 aromatic rings. The molecule has 1 fully saturated rings. The molecule has 1 unspecified atom stereocenters. The van der Waals surface area contributed by atoms with Crippen LogP contribution in [0.3, 0.4) is 0 Å². The number of ether oxygens (including phenoxy) is 1. The summed E-state index contributed by atoms with van der Waals surface area (Å²) in [5, 5.41) is 11.2. The van der Waals surface area contributed by atoms with Gasteiger partial charge in [0.1, 0.15) is 29.1 Å². The maximum absolute atomic E-state index is 13.2. The number of rotatable bonds is 4. The molecule has 0 radical (unpaired) electrons. The van der Waals surface area contributed by atoms with Gasteiger partial charge in [-0.3, -0.25) is 14.5 Å². The minimum absolute atomic E-state index is 0.00479. The number of ketones is 1. The van der Waals surface area contributed by atoms with Gasteiger partial charge in [0.05, 0.1) is 12.7 Å². The maximum Gasteiger partial charge on any atom is 0.300 e. The Morgan fingerprint density at radius 2 is 1.75 bits per heavy atom.